The Kier molecular flexibility index (Phi) is 5.40. The molecule has 1 aromatic carbocycles. The van der Waals surface area contributed by atoms with Gasteiger partial charge in [-0.1, -0.05) is 11.6 Å². The first-order valence-electron chi connectivity index (χ1n) is 7.96. The lowest BCUT2D eigenvalue weighted by atomic mass is 10.2. The van der Waals surface area contributed by atoms with Crippen LogP contribution in [-0.2, 0) is 19.5 Å². The van der Waals surface area contributed by atoms with E-state index in [4.69, 9.17) is 11.6 Å². The van der Waals surface area contributed by atoms with E-state index in [0.717, 1.165) is 31.6 Å². The number of halogens is 2. The molecule has 24 heavy (non-hydrogen) atoms. The van der Waals surface area contributed by atoms with Crippen LogP contribution in [0.1, 0.15) is 35.4 Å². The lowest BCUT2D eigenvalue weighted by Crippen LogP contribution is -2.29. The number of nitrogens with one attached hydrogen (secondary N) is 1. The monoisotopic (exact) mass is 412 g/mol. The molecule has 1 aromatic heterocycles. The molecule has 2 heterocycles. The maximum Gasteiger partial charge on any atom is 0.345 e. The van der Waals surface area contributed by atoms with Crippen LogP contribution in [0.5, 0.6) is 0 Å². The number of carbonyl (C=O) groups is 1. The van der Waals surface area contributed by atoms with E-state index in [1.165, 1.54) is 4.68 Å². The second-order valence-corrected chi connectivity index (χ2v) is 7.06. The Hall–Kier alpha value is -1.60. The third-order valence-corrected chi connectivity index (χ3v) is 4.96. The molecule has 0 saturated carbocycles. The maximum atomic E-state index is 12.2. The zero-order valence-corrected chi connectivity index (χ0v) is 15.4. The average Bonchev–Trinajstić information content (AvgIpc) is 2.90. The number of aryl methyl sites for hydroxylation is 2. The van der Waals surface area contributed by atoms with Crippen LogP contribution in [0.15, 0.2) is 27.5 Å². The number of nitrogens with zero attached hydrogens (tertiary/aromatic N) is 3. The summed E-state index contributed by atoms with van der Waals surface area (Å²) in [4.78, 5) is 24.4. The Morgan fingerprint density at radius 1 is 1.38 bits per heavy atom. The fourth-order valence-electron chi connectivity index (χ4n) is 2.79. The van der Waals surface area contributed by atoms with Crippen LogP contribution in [0.2, 0.25) is 5.02 Å². The van der Waals surface area contributed by atoms with Crippen LogP contribution in [0.3, 0.4) is 0 Å². The smallest absolute Gasteiger partial charge is 0.345 e. The first-order chi connectivity index (χ1) is 11.6. The van der Waals surface area contributed by atoms with Crippen LogP contribution < -0.4 is 11.0 Å². The minimum atomic E-state index is -0.194. The summed E-state index contributed by atoms with van der Waals surface area (Å²) in [7, 11) is 0. The van der Waals surface area contributed by atoms with Crippen molar-refractivity contribution in [3.8, 4) is 0 Å². The minimum absolute atomic E-state index is 0.0476. The Morgan fingerprint density at radius 2 is 2.21 bits per heavy atom. The minimum Gasteiger partial charge on any atom is -0.352 e. The lowest BCUT2D eigenvalue weighted by molar-refractivity contribution is 0.0952. The van der Waals surface area contributed by atoms with E-state index in [2.05, 4.69) is 26.3 Å². The van der Waals surface area contributed by atoms with Gasteiger partial charge in [-0.05, 0) is 53.4 Å². The van der Waals surface area contributed by atoms with E-state index < -0.39 is 0 Å². The molecular formula is C16H18BrClN4O2. The van der Waals surface area contributed by atoms with E-state index in [-0.39, 0.29) is 11.6 Å². The Bertz CT molecular complexity index is 815. The standard InChI is InChI=1S/C16H18BrClN4O2/c17-13-6-5-11(18)10-12(13)15(23)19-7-3-9-22-16(24)21-8-2-1-4-14(21)20-22/h5-6,10H,1-4,7-9H2,(H,19,23). The second kappa shape index (κ2) is 7.53. The number of amides is 1. The van der Waals surface area contributed by atoms with Gasteiger partial charge in [0.2, 0.25) is 0 Å². The average molecular weight is 414 g/mol. The fourth-order valence-corrected chi connectivity index (χ4v) is 3.39. The van der Waals surface area contributed by atoms with Gasteiger partial charge in [0.25, 0.3) is 5.91 Å². The zero-order chi connectivity index (χ0) is 17.1. The van der Waals surface area contributed by atoms with Gasteiger partial charge in [0.15, 0.2) is 0 Å². The summed E-state index contributed by atoms with van der Waals surface area (Å²) in [5.74, 6) is 0.680. The van der Waals surface area contributed by atoms with Gasteiger partial charge >= 0.3 is 5.69 Å². The van der Waals surface area contributed by atoms with E-state index in [1.54, 1.807) is 22.8 Å². The number of carbonyl (C=O) groups excluding carboxylic acids is 1. The normalized spacial score (nSPS) is 13.6. The molecule has 1 aliphatic rings. The fraction of sp³-hybridized carbons (Fsp3) is 0.438. The van der Waals surface area contributed by atoms with Gasteiger partial charge in [-0.15, -0.1) is 0 Å². The molecule has 2 aromatic rings. The van der Waals surface area contributed by atoms with Crippen molar-refractivity contribution in [3.63, 3.8) is 0 Å². The largest absolute Gasteiger partial charge is 0.352 e. The molecule has 6 nitrogen and oxygen atoms in total. The van der Waals surface area contributed by atoms with Gasteiger partial charge < -0.3 is 5.32 Å². The van der Waals surface area contributed by atoms with Crippen molar-refractivity contribution in [2.45, 2.75) is 38.8 Å². The molecule has 3 rings (SSSR count). The highest BCUT2D eigenvalue weighted by molar-refractivity contribution is 9.10. The molecule has 0 unspecified atom stereocenters. The highest BCUT2D eigenvalue weighted by Crippen LogP contribution is 2.21. The van der Waals surface area contributed by atoms with E-state index in [0.29, 0.717) is 34.6 Å². The summed E-state index contributed by atoms with van der Waals surface area (Å²) in [6.45, 7) is 1.72. The number of rotatable bonds is 5. The van der Waals surface area contributed by atoms with Gasteiger partial charge in [-0.25, -0.2) is 9.48 Å². The molecular weight excluding hydrogens is 396 g/mol. The van der Waals surface area contributed by atoms with Crippen molar-refractivity contribution in [2.75, 3.05) is 6.54 Å². The van der Waals surface area contributed by atoms with Crippen molar-refractivity contribution < 1.29 is 4.79 Å². The topological polar surface area (TPSA) is 68.9 Å². The molecule has 0 bridgehead atoms. The third kappa shape index (κ3) is 3.72. The van der Waals surface area contributed by atoms with Gasteiger partial charge in [-0.2, -0.15) is 5.10 Å². The Labute approximate surface area is 152 Å². The van der Waals surface area contributed by atoms with Crippen molar-refractivity contribution in [1.29, 1.82) is 0 Å². The summed E-state index contributed by atoms with van der Waals surface area (Å²) >= 11 is 9.26. The van der Waals surface area contributed by atoms with E-state index in [1.807, 2.05) is 0 Å². The molecule has 0 saturated heterocycles. The predicted molar refractivity (Wildman–Crippen MR) is 95.5 cm³/mol. The Balaban J connectivity index is 1.54. The first-order valence-corrected chi connectivity index (χ1v) is 9.13. The Morgan fingerprint density at radius 3 is 3.00 bits per heavy atom. The highest BCUT2D eigenvalue weighted by Gasteiger charge is 2.16. The van der Waals surface area contributed by atoms with Gasteiger partial charge in [0.1, 0.15) is 5.82 Å². The maximum absolute atomic E-state index is 12.2. The summed E-state index contributed by atoms with van der Waals surface area (Å²) < 4.78 is 3.95. The number of benzene rings is 1. The van der Waals surface area contributed by atoms with Crippen molar-refractivity contribution in [2.24, 2.45) is 0 Å². The third-order valence-electron chi connectivity index (χ3n) is 4.04. The van der Waals surface area contributed by atoms with Crippen molar-refractivity contribution in [3.05, 3.63) is 49.6 Å². The van der Waals surface area contributed by atoms with Gasteiger partial charge in [0, 0.05) is 35.6 Å². The summed E-state index contributed by atoms with van der Waals surface area (Å²) in [6, 6.07) is 5.08. The van der Waals surface area contributed by atoms with Crippen LogP contribution in [0.4, 0.5) is 0 Å². The van der Waals surface area contributed by atoms with Gasteiger partial charge in [-0.3, -0.25) is 9.36 Å². The summed E-state index contributed by atoms with van der Waals surface area (Å²) in [5, 5.41) is 7.73. The number of hydrogen-bond acceptors (Lipinski definition) is 3. The number of aromatic nitrogens is 3. The molecule has 1 N–H and O–H groups in total. The lowest BCUT2D eigenvalue weighted by Gasteiger charge is -2.09. The number of hydrogen-bond donors (Lipinski definition) is 1. The molecule has 8 heteroatoms. The van der Waals surface area contributed by atoms with Crippen LogP contribution in [-0.4, -0.2) is 26.8 Å². The van der Waals surface area contributed by atoms with Crippen molar-refractivity contribution in [1.82, 2.24) is 19.7 Å². The van der Waals surface area contributed by atoms with Crippen LogP contribution >= 0.6 is 27.5 Å². The molecule has 128 valence electrons. The molecule has 0 radical (unpaired) electrons. The highest BCUT2D eigenvalue weighted by atomic mass is 79.9. The van der Waals surface area contributed by atoms with Gasteiger partial charge in [0.05, 0.1) is 5.56 Å². The quantitative estimate of drug-likeness (QED) is 0.766. The number of fused-ring (bicyclic) bond motifs is 1. The molecule has 0 atom stereocenters. The van der Waals surface area contributed by atoms with Crippen LogP contribution in [0.25, 0.3) is 0 Å². The molecule has 0 spiro atoms. The van der Waals surface area contributed by atoms with E-state index >= 15 is 0 Å². The molecule has 1 amide bonds. The zero-order valence-electron chi connectivity index (χ0n) is 13.1. The van der Waals surface area contributed by atoms with Crippen molar-refractivity contribution >= 4 is 33.4 Å². The summed E-state index contributed by atoms with van der Waals surface area (Å²) in [6.07, 6.45) is 3.62. The first kappa shape index (κ1) is 17.2. The van der Waals surface area contributed by atoms with Crippen LogP contribution in [0, 0.1) is 0 Å². The summed E-state index contributed by atoms with van der Waals surface area (Å²) in [5.41, 5.74) is 0.450. The molecule has 0 aliphatic carbocycles. The molecule has 1 aliphatic heterocycles. The SMILES string of the molecule is O=C(NCCCn1nc2n(c1=O)CCCC2)c1cc(Cl)ccc1Br. The predicted octanol–water partition coefficient (Wildman–Crippen LogP) is 2.62. The van der Waals surface area contributed by atoms with E-state index in [9.17, 15) is 9.59 Å². The molecule has 0 fully saturated rings. The second-order valence-electron chi connectivity index (χ2n) is 5.76.